The third-order valence-corrected chi connectivity index (χ3v) is 5.10. The summed E-state index contributed by atoms with van der Waals surface area (Å²) in [4.78, 5) is 12.2. The number of hydrogen-bond acceptors (Lipinski definition) is 4. The van der Waals surface area contributed by atoms with Crippen molar-refractivity contribution in [2.24, 2.45) is 5.92 Å². The molecule has 1 amide bonds. The Bertz CT molecular complexity index is 670. The van der Waals surface area contributed by atoms with E-state index in [4.69, 9.17) is 4.74 Å². The molecule has 1 fully saturated rings. The number of piperidine rings is 1. The Balaban J connectivity index is 1.94. The van der Waals surface area contributed by atoms with Crippen LogP contribution in [0.5, 0.6) is 5.75 Å². The van der Waals surface area contributed by atoms with Crippen LogP contribution in [0.3, 0.4) is 0 Å². The molecule has 0 atom stereocenters. The van der Waals surface area contributed by atoms with Crippen LogP contribution >= 0.6 is 0 Å². The number of benzene rings is 1. The lowest BCUT2D eigenvalue weighted by Crippen LogP contribution is -2.40. The molecule has 1 saturated heterocycles. The summed E-state index contributed by atoms with van der Waals surface area (Å²) < 4.78 is 43.1. The zero-order valence-corrected chi connectivity index (χ0v) is 14.0. The molecule has 1 aliphatic rings. The molecule has 0 aliphatic carbocycles. The molecular weight excluding hydrogens is 323 g/mol. The minimum atomic E-state index is -3.21. The molecule has 1 aliphatic heterocycles. The number of nitrogens with zero attached hydrogens (tertiary/aromatic N) is 1. The van der Waals surface area contributed by atoms with Crippen LogP contribution in [0, 0.1) is 11.7 Å². The average molecular weight is 344 g/mol. The van der Waals surface area contributed by atoms with Crippen LogP contribution in [0.4, 0.5) is 10.1 Å². The predicted molar refractivity (Wildman–Crippen MR) is 85.3 cm³/mol. The second-order valence-corrected chi connectivity index (χ2v) is 7.49. The quantitative estimate of drug-likeness (QED) is 0.884. The molecule has 0 unspecified atom stereocenters. The van der Waals surface area contributed by atoms with Crippen molar-refractivity contribution in [1.82, 2.24) is 4.31 Å². The summed E-state index contributed by atoms with van der Waals surface area (Å²) >= 11 is 0. The molecule has 0 aromatic heterocycles. The Kier molecular flexibility index (Phi) is 5.59. The third-order valence-electron chi connectivity index (χ3n) is 3.79. The van der Waals surface area contributed by atoms with Crippen molar-refractivity contribution in [2.45, 2.75) is 19.8 Å². The first-order valence-electron chi connectivity index (χ1n) is 7.49. The monoisotopic (exact) mass is 344 g/mol. The molecule has 1 N–H and O–H groups in total. The SMILES string of the molecule is CCOc1ccc(NC(=O)C2CCN(S(C)(=O)=O)CC2)cc1F. The van der Waals surface area contributed by atoms with Gasteiger partial charge < -0.3 is 10.1 Å². The fourth-order valence-electron chi connectivity index (χ4n) is 2.55. The number of hydrogen-bond donors (Lipinski definition) is 1. The van der Waals surface area contributed by atoms with Gasteiger partial charge in [-0.05, 0) is 31.9 Å². The molecular formula is C15H21FN2O4S. The topological polar surface area (TPSA) is 75.7 Å². The first-order chi connectivity index (χ1) is 10.8. The number of ether oxygens (including phenoxy) is 1. The van der Waals surface area contributed by atoms with Crippen molar-refractivity contribution in [3.63, 3.8) is 0 Å². The summed E-state index contributed by atoms with van der Waals surface area (Å²) in [6, 6.07) is 4.27. The molecule has 1 aromatic carbocycles. The van der Waals surface area contributed by atoms with Crippen LogP contribution < -0.4 is 10.1 Å². The van der Waals surface area contributed by atoms with Crippen LogP contribution in [0.2, 0.25) is 0 Å². The van der Waals surface area contributed by atoms with Crippen molar-refractivity contribution >= 4 is 21.6 Å². The maximum absolute atomic E-state index is 13.8. The highest BCUT2D eigenvalue weighted by molar-refractivity contribution is 7.88. The molecule has 2 rings (SSSR count). The Morgan fingerprint density at radius 1 is 1.39 bits per heavy atom. The average Bonchev–Trinajstić information content (AvgIpc) is 2.49. The minimum Gasteiger partial charge on any atom is -0.491 e. The number of anilines is 1. The van der Waals surface area contributed by atoms with Gasteiger partial charge in [-0.15, -0.1) is 0 Å². The summed E-state index contributed by atoms with van der Waals surface area (Å²) in [7, 11) is -3.21. The van der Waals surface area contributed by atoms with Gasteiger partial charge in [0.1, 0.15) is 0 Å². The van der Waals surface area contributed by atoms with Crippen molar-refractivity contribution in [1.29, 1.82) is 0 Å². The minimum absolute atomic E-state index is 0.145. The summed E-state index contributed by atoms with van der Waals surface area (Å²) in [6.07, 6.45) is 2.08. The Morgan fingerprint density at radius 3 is 2.57 bits per heavy atom. The van der Waals surface area contributed by atoms with E-state index in [-0.39, 0.29) is 17.6 Å². The molecule has 1 aromatic rings. The zero-order valence-electron chi connectivity index (χ0n) is 13.2. The second-order valence-electron chi connectivity index (χ2n) is 5.50. The van der Waals surface area contributed by atoms with E-state index in [9.17, 15) is 17.6 Å². The van der Waals surface area contributed by atoms with Gasteiger partial charge in [0.2, 0.25) is 15.9 Å². The normalized spacial score (nSPS) is 17.0. The zero-order chi connectivity index (χ0) is 17.0. The fourth-order valence-corrected chi connectivity index (χ4v) is 3.42. The highest BCUT2D eigenvalue weighted by Gasteiger charge is 2.29. The largest absolute Gasteiger partial charge is 0.491 e. The van der Waals surface area contributed by atoms with Crippen molar-refractivity contribution in [2.75, 3.05) is 31.3 Å². The van der Waals surface area contributed by atoms with Gasteiger partial charge in [0.15, 0.2) is 11.6 Å². The van der Waals surface area contributed by atoms with Crippen molar-refractivity contribution in [3.05, 3.63) is 24.0 Å². The highest BCUT2D eigenvalue weighted by Crippen LogP contribution is 2.24. The van der Waals surface area contributed by atoms with E-state index in [1.807, 2.05) is 0 Å². The van der Waals surface area contributed by atoms with Crippen molar-refractivity contribution in [3.8, 4) is 5.75 Å². The molecule has 6 nitrogen and oxygen atoms in total. The van der Waals surface area contributed by atoms with Crippen molar-refractivity contribution < 1.29 is 22.3 Å². The summed E-state index contributed by atoms with van der Waals surface area (Å²) in [5.41, 5.74) is 0.362. The standard InChI is InChI=1S/C15H21FN2O4S/c1-3-22-14-5-4-12(10-13(14)16)17-15(19)11-6-8-18(9-7-11)23(2,20)21/h4-5,10-11H,3,6-9H2,1-2H3,(H,17,19). The Morgan fingerprint density at radius 2 is 2.04 bits per heavy atom. The fraction of sp³-hybridized carbons (Fsp3) is 0.533. The van der Waals surface area contributed by atoms with E-state index in [2.05, 4.69) is 5.32 Å². The van der Waals surface area contributed by atoms with Gasteiger partial charge in [0, 0.05) is 30.8 Å². The van der Waals surface area contributed by atoms with Crippen LogP contribution in [0.1, 0.15) is 19.8 Å². The van der Waals surface area contributed by atoms with Gasteiger partial charge in [-0.3, -0.25) is 4.79 Å². The van der Waals surface area contributed by atoms with Gasteiger partial charge in [0.05, 0.1) is 12.9 Å². The number of carbonyl (C=O) groups is 1. The molecule has 0 bridgehead atoms. The van der Waals surface area contributed by atoms with Gasteiger partial charge >= 0.3 is 0 Å². The van der Waals surface area contributed by atoms with E-state index in [1.54, 1.807) is 13.0 Å². The van der Waals surface area contributed by atoms with E-state index >= 15 is 0 Å². The lowest BCUT2D eigenvalue weighted by Gasteiger charge is -2.29. The first-order valence-corrected chi connectivity index (χ1v) is 9.34. The van der Waals surface area contributed by atoms with E-state index < -0.39 is 15.8 Å². The molecule has 8 heteroatoms. The lowest BCUT2D eigenvalue weighted by atomic mass is 9.97. The number of halogens is 1. The van der Waals surface area contributed by atoms with Crippen LogP contribution in [0.15, 0.2) is 18.2 Å². The van der Waals surface area contributed by atoms with Gasteiger partial charge in [-0.1, -0.05) is 0 Å². The molecule has 0 saturated carbocycles. The van der Waals surface area contributed by atoms with E-state index in [0.717, 1.165) is 6.26 Å². The number of carbonyl (C=O) groups excluding carboxylic acids is 1. The van der Waals surface area contributed by atoms with Crippen LogP contribution in [-0.2, 0) is 14.8 Å². The Labute approximate surface area is 135 Å². The first kappa shape index (κ1) is 17.7. The highest BCUT2D eigenvalue weighted by atomic mass is 32.2. The second kappa shape index (κ2) is 7.27. The van der Waals surface area contributed by atoms with Crippen LogP contribution in [-0.4, -0.2) is 44.6 Å². The third kappa shape index (κ3) is 4.65. The lowest BCUT2D eigenvalue weighted by molar-refractivity contribution is -0.120. The molecule has 0 spiro atoms. The van der Waals surface area contributed by atoms with Gasteiger partial charge in [-0.25, -0.2) is 17.1 Å². The van der Waals surface area contributed by atoms with E-state index in [1.165, 1.54) is 16.4 Å². The summed E-state index contributed by atoms with van der Waals surface area (Å²) in [6.45, 7) is 2.78. The van der Waals surface area contributed by atoms with Crippen LogP contribution in [0.25, 0.3) is 0 Å². The number of sulfonamides is 1. The number of nitrogens with one attached hydrogen (secondary N) is 1. The molecule has 0 radical (unpaired) electrons. The Hall–Kier alpha value is -1.67. The van der Waals surface area contributed by atoms with E-state index in [0.29, 0.717) is 38.2 Å². The molecule has 128 valence electrons. The number of amides is 1. The van der Waals surface area contributed by atoms with Gasteiger partial charge in [0.25, 0.3) is 0 Å². The van der Waals surface area contributed by atoms with Gasteiger partial charge in [-0.2, -0.15) is 0 Å². The molecule has 1 heterocycles. The number of rotatable bonds is 5. The maximum atomic E-state index is 13.8. The predicted octanol–water partition coefficient (Wildman–Crippen LogP) is 1.83. The summed E-state index contributed by atoms with van der Waals surface area (Å²) in [5.74, 6) is -0.882. The molecule has 23 heavy (non-hydrogen) atoms. The smallest absolute Gasteiger partial charge is 0.227 e. The summed E-state index contributed by atoms with van der Waals surface area (Å²) in [5, 5.41) is 2.67. The maximum Gasteiger partial charge on any atom is 0.227 e.